The number of hydrogen-bond donors (Lipinski definition) is 3. The fraction of sp³-hybridized carbons (Fsp3) is 0.850. The average molecular weight is 413 g/mol. The second-order valence-corrected chi connectivity index (χ2v) is 10.2. The molecule has 0 aromatic heterocycles. The summed E-state index contributed by atoms with van der Waals surface area (Å²) in [6.45, 7) is 3.90. The first-order valence-electron chi connectivity index (χ1n) is 10.1. The van der Waals surface area contributed by atoms with Gasteiger partial charge in [-0.1, -0.05) is 13.8 Å². The van der Waals surface area contributed by atoms with Gasteiger partial charge in [-0.3, -0.25) is 0 Å². The predicted octanol–water partition coefficient (Wildman–Crippen LogP) is 0.276. The Labute approximate surface area is 167 Å². The van der Waals surface area contributed by atoms with E-state index in [2.05, 4.69) is 6.92 Å². The van der Waals surface area contributed by atoms with Crippen LogP contribution in [0.3, 0.4) is 0 Å². The summed E-state index contributed by atoms with van der Waals surface area (Å²) in [4.78, 5) is 12.1. The molecule has 2 saturated heterocycles. The number of fused-ring (bicyclic) bond motifs is 3. The van der Waals surface area contributed by atoms with E-state index in [-0.39, 0.29) is 25.1 Å². The Kier molecular flexibility index (Phi) is 3.20. The number of esters is 1. The van der Waals surface area contributed by atoms with Crippen LogP contribution in [-0.2, 0) is 19.0 Å². The molecule has 3 aliphatic carbocycles. The van der Waals surface area contributed by atoms with E-state index in [0.29, 0.717) is 19.3 Å². The van der Waals surface area contributed by atoms with Crippen molar-refractivity contribution < 1.29 is 34.3 Å². The molecule has 28 heavy (non-hydrogen) atoms. The van der Waals surface area contributed by atoms with Crippen molar-refractivity contribution in [2.24, 2.45) is 17.3 Å². The third kappa shape index (κ3) is 1.49. The highest BCUT2D eigenvalue weighted by Crippen LogP contribution is 2.77. The standard InChI is InChI=1S/C20H25ClO7/c1-8(6-22)18-13(21)14-20(28-14)17(2)4-3-9-10(7-26-15(9)23)11(17)5-12(27-18)19(20,25)16(18)24/h8,11-14,16,22,24-25H,3-7H2,1-2H3/t8?,11-,12+,13+,14-,16+,17-,18-,19+,20+/m0/s1. The van der Waals surface area contributed by atoms with Gasteiger partial charge < -0.3 is 29.5 Å². The van der Waals surface area contributed by atoms with Gasteiger partial charge in [0.15, 0.2) is 5.60 Å². The van der Waals surface area contributed by atoms with E-state index in [1.165, 1.54) is 0 Å². The lowest BCUT2D eigenvalue weighted by Crippen LogP contribution is -2.76. The molecule has 3 heterocycles. The molecule has 1 unspecified atom stereocenters. The lowest BCUT2D eigenvalue weighted by Gasteiger charge is -2.58. The van der Waals surface area contributed by atoms with Crippen molar-refractivity contribution in [1.82, 2.24) is 0 Å². The van der Waals surface area contributed by atoms with Crippen molar-refractivity contribution in [3.05, 3.63) is 11.1 Å². The molecule has 0 radical (unpaired) electrons. The van der Waals surface area contributed by atoms with Crippen molar-refractivity contribution >= 4 is 17.6 Å². The van der Waals surface area contributed by atoms with Crippen LogP contribution in [0, 0.1) is 17.3 Å². The molecule has 2 saturated carbocycles. The number of rotatable bonds is 2. The summed E-state index contributed by atoms with van der Waals surface area (Å²) in [7, 11) is 0. The maximum Gasteiger partial charge on any atom is 0.334 e. The van der Waals surface area contributed by atoms with Gasteiger partial charge >= 0.3 is 5.97 Å². The van der Waals surface area contributed by atoms with Crippen LogP contribution in [0.15, 0.2) is 11.1 Å². The second kappa shape index (κ2) is 4.95. The van der Waals surface area contributed by atoms with Gasteiger partial charge in [0.25, 0.3) is 0 Å². The molecule has 3 aliphatic heterocycles. The Morgan fingerprint density at radius 1 is 1.36 bits per heavy atom. The molecule has 3 N–H and O–H groups in total. The highest BCUT2D eigenvalue weighted by Gasteiger charge is 2.94. The molecule has 0 aromatic rings. The largest absolute Gasteiger partial charge is 0.458 e. The number of halogens is 1. The second-order valence-electron chi connectivity index (χ2n) is 9.73. The first kappa shape index (κ1) is 18.1. The van der Waals surface area contributed by atoms with Crippen molar-refractivity contribution in [3.63, 3.8) is 0 Å². The third-order valence-electron chi connectivity index (χ3n) is 9.05. The van der Waals surface area contributed by atoms with E-state index in [1.54, 1.807) is 6.92 Å². The van der Waals surface area contributed by atoms with E-state index in [4.69, 9.17) is 25.8 Å². The molecule has 6 rings (SSSR count). The molecule has 0 aromatic carbocycles. The van der Waals surface area contributed by atoms with E-state index in [0.717, 1.165) is 11.1 Å². The van der Waals surface area contributed by atoms with Crippen LogP contribution in [0.2, 0.25) is 0 Å². The summed E-state index contributed by atoms with van der Waals surface area (Å²) >= 11 is 6.85. The summed E-state index contributed by atoms with van der Waals surface area (Å²) in [6.07, 6.45) is -0.748. The molecule has 154 valence electrons. The van der Waals surface area contributed by atoms with Crippen molar-refractivity contribution in [1.29, 1.82) is 0 Å². The molecule has 10 atom stereocenters. The molecular weight excluding hydrogens is 388 g/mol. The number of carbonyl (C=O) groups excluding carboxylic acids is 1. The Morgan fingerprint density at radius 3 is 2.82 bits per heavy atom. The number of cyclic esters (lactones) is 1. The molecule has 6 aliphatic rings. The van der Waals surface area contributed by atoms with E-state index < -0.39 is 51.8 Å². The summed E-state index contributed by atoms with van der Waals surface area (Å²) in [5, 5.41) is 32.5. The zero-order chi connectivity index (χ0) is 19.9. The minimum absolute atomic E-state index is 0.0487. The Balaban J connectivity index is 1.55. The van der Waals surface area contributed by atoms with Gasteiger partial charge in [-0.25, -0.2) is 4.79 Å². The van der Waals surface area contributed by atoms with E-state index >= 15 is 0 Å². The minimum Gasteiger partial charge on any atom is -0.458 e. The average Bonchev–Trinajstić information content (AvgIpc) is 3.29. The highest BCUT2D eigenvalue weighted by atomic mass is 35.5. The number of ether oxygens (including phenoxy) is 3. The normalized spacial score (nSPS) is 59.4. The van der Waals surface area contributed by atoms with Gasteiger partial charge in [0.2, 0.25) is 0 Å². The molecular formula is C20H25ClO7. The molecule has 8 heteroatoms. The van der Waals surface area contributed by atoms with Crippen LogP contribution < -0.4 is 0 Å². The Bertz CT molecular complexity index is 829. The van der Waals surface area contributed by atoms with E-state index in [9.17, 15) is 20.1 Å². The van der Waals surface area contributed by atoms with Crippen LogP contribution in [0.25, 0.3) is 0 Å². The van der Waals surface area contributed by atoms with Gasteiger partial charge in [0, 0.05) is 23.5 Å². The van der Waals surface area contributed by atoms with E-state index in [1.807, 2.05) is 0 Å². The molecule has 2 bridgehead atoms. The fourth-order valence-corrected chi connectivity index (χ4v) is 8.16. The highest BCUT2D eigenvalue weighted by molar-refractivity contribution is 6.22. The summed E-state index contributed by atoms with van der Waals surface area (Å²) in [5.41, 5.74) is -2.67. The van der Waals surface area contributed by atoms with Crippen molar-refractivity contribution in [3.8, 4) is 0 Å². The summed E-state index contributed by atoms with van der Waals surface area (Å²) in [6, 6.07) is 0. The zero-order valence-electron chi connectivity index (χ0n) is 15.9. The minimum atomic E-state index is -1.60. The first-order chi connectivity index (χ1) is 13.2. The van der Waals surface area contributed by atoms with Crippen LogP contribution in [-0.4, -0.2) is 75.0 Å². The SMILES string of the molecule is CC(CO)[C@]12O[C@@H]3C[C@H]4C5=C(CC[C@]4(C)[C@@]4(O[C@H]4[C@H]1Cl)[C@]3(O)[C@@H]2O)C(=O)OC5. The predicted molar refractivity (Wildman–Crippen MR) is 95.5 cm³/mol. The van der Waals surface area contributed by atoms with Gasteiger partial charge in [0.1, 0.15) is 30.0 Å². The summed E-state index contributed by atoms with van der Waals surface area (Å²) in [5.74, 6) is -0.767. The Hall–Kier alpha value is -0.700. The van der Waals surface area contributed by atoms with Gasteiger partial charge in [0.05, 0.1) is 11.5 Å². The lowest BCUT2D eigenvalue weighted by atomic mass is 9.45. The smallest absolute Gasteiger partial charge is 0.334 e. The quantitative estimate of drug-likeness (QED) is 0.339. The zero-order valence-corrected chi connectivity index (χ0v) is 16.6. The number of epoxide rings is 1. The molecule has 1 spiro atoms. The maximum atomic E-state index is 12.1. The van der Waals surface area contributed by atoms with Crippen LogP contribution >= 0.6 is 11.6 Å². The lowest BCUT2D eigenvalue weighted by molar-refractivity contribution is -0.206. The van der Waals surface area contributed by atoms with Crippen LogP contribution in [0.1, 0.15) is 33.1 Å². The van der Waals surface area contributed by atoms with Crippen LogP contribution in [0.5, 0.6) is 0 Å². The van der Waals surface area contributed by atoms with Crippen molar-refractivity contribution in [2.45, 2.75) is 73.6 Å². The maximum absolute atomic E-state index is 12.1. The summed E-state index contributed by atoms with van der Waals surface area (Å²) < 4.78 is 17.9. The monoisotopic (exact) mass is 412 g/mol. The molecule has 7 nitrogen and oxygen atoms in total. The third-order valence-corrected chi connectivity index (χ3v) is 9.62. The van der Waals surface area contributed by atoms with Gasteiger partial charge in [-0.05, 0) is 30.8 Å². The topological polar surface area (TPSA) is 109 Å². The number of carbonyl (C=O) groups is 1. The number of aliphatic hydroxyl groups excluding tert-OH is 2. The first-order valence-corrected chi connectivity index (χ1v) is 10.5. The van der Waals surface area contributed by atoms with Gasteiger partial charge in [-0.15, -0.1) is 11.6 Å². The van der Waals surface area contributed by atoms with Crippen molar-refractivity contribution in [2.75, 3.05) is 13.2 Å². The fourth-order valence-electron chi connectivity index (χ4n) is 7.54. The Morgan fingerprint density at radius 2 is 2.11 bits per heavy atom. The number of aliphatic hydroxyl groups is 3. The number of hydrogen-bond acceptors (Lipinski definition) is 7. The van der Waals surface area contributed by atoms with Gasteiger partial charge in [-0.2, -0.15) is 0 Å². The number of alkyl halides is 1. The molecule has 0 amide bonds. The van der Waals surface area contributed by atoms with Crippen LogP contribution in [0.4, 0.5) is 0 Å². The molecule has 4 fully saturated rings.